The van der Waals surface area contributed by atoms with Crippen LogP contribution in [0.3, 0.4) is 0 Å². The largest absolute Gasteiger partial charge is 0.497 e. The van der Waals surface area contributed by atoms with Gasteiger partial charge in [0.25, 0.3) is 5.91 Å². The van der Waals surface area contributed by atoms with Crippen LogP contribution in [0.15, 0.2) is 81.9 Å². The fourth-order valence-electron chi connectivity index (χ4n) is 2.79. The first kappa shape index (κ1) is 21.5. The van der Waals surface area contributed by atoms with Crippen LogP contribution >= 0.6 is 15.9 Å². The zero-order chi connectivity index (χ0) is 22.3. The average molecular weight is 498 g/mol. The number of methoxy groups -OCH3 is 1. The van der Waals surface area contributed by atoms with Crippen molar-refractivity contribution >= 4 is 27.5 Å². The van der Waals surface area contributed by atoms with E-state index in [9.17, 15) is 4.79 Å². The average Bonchev–Trinajstić information content (AvgIpc) is 3.47. The predicted molar refractivity (Wildman–Crippen MR) is 121 cm³/mol. The normalized spacial score (nSPS) is 10.6. The number of carbonyl (C=O) groups is 1. The van der Waals surface area contributed by atoms with Crippen molar-refractivity contribution in [2.75, 3.05) is 12.4 Å². The van der Waals surface area contributed by atoms with Gasteiger partial charge in [0.05, 0.1) is 25.2 Å². The maximum Gasteiger partial charge on any atom is 0.291 e. The van der Waals surface area contributed by atoms with E-state index in [1.54, 1.807) is 42.4 Å². The van der Waals surface area contributed by atoms with Gasteiger partial charge < -0.3 is 23.9 Å². The van der Waals surface area contributed by atoms with Gasteiger partial charge in [-0.3, -0.25) is 4.79 Å². The van der Waals surface area contributed by atoms with E-state index in [-0.39, 0.29) is 25.0 Å². The fourth-order valence-corrected chi connectivity index (χ4v) is 3.05. The molecule has 4 rings (SSSR count). The van der Waals surface area contributed by atoms with Crippen LogP contribution in [-0.2, 0) is 13.3 Å². The molecule has 9 heteroatoms. The van der Waals surface area contributed by atoms with Crippen molar-refractivity contribution in [2.45, 2.75) is 13.3 Å². The molecule has 164 valence electrons. The van der Waals surface area contributed by atoms with Gasteiger partial charge in [0, 0.05) is 10.5 Å². The minimum atomic E-state index is -0.383. The minimum Gasteiger partial charge on any atom is -0.497 e. The molecule has 0 aliphatic heterocycles. The Morgan fingerprint density at radius 3 is 2.69 bits per heavy atom. The molecule has 0 saturated heterocycles. The number of nitrogens with one attached hydrogen (secondary N) is 1. The van der Waals surface area contributed by atoms with Gasteiger partial charge in [0.2, 0.25) is 0 Å². The number of hydrogen-bond acceptors (Lipinski definition) is 6. The Hall–Kier alpha value is -3.72. The van der Waals surface area contributed by atoms with E-state index in [1.165, 1.54) is 0 Å². The molecule has 0 saturated carbocycles. The van der Waals surface area contributed by atoms with Crippen molar-refractivity contribution in [3.05, 3.63) is 89.1 Å². The third kappa shape index (κ3) is 5.70. The molecule has 4 aromatic rings. The van der Waals surface area contributed by atoms with Crippen molar-refractivity contribution in [2.24, 2.45) is 0 Å². The smallest absolute Gasteiger partial charge is 0.291 e. The number of amides is 1. The Labute approximate surface area is 192 Å². The molecule has 0 aliphatic rings. The summed E-state index contributed by atoms with van der Waals surface area (Å²) in [4.78, 5) is 12.5. The quantitative estimate of drug-likeness (QED) is 0.345. The molecular formula is C23H20BrN3O5. The Kier molecular flexibility index (Phi) is 6.76. The molecule has 32 heavy (non-hydrogen) atoms. The lowest BCUT2D eigenvalue weighted by atomic mass is 10.3. The Balaban J connectivity index is 1.28. The van der Waals surface area contributed by atoms with Crippen molar-refractivity contribution in [1.29, 1.82) is 0 Å². The van der Waals surface area contributed by atoms with Crippen LogP contribution in [0.5, 0.6) is 17.2 Å². The molecular weight excluding hydrogens is 478 g/mol. The van der Waals surface area contributed by atoms with E-state index in [1.807, 2.05) is 42.5 Å². The van der Waals surface area contributed by atoms with Crippen LogP contribution in [0.4, 0.5) is 5.69 Å². The molecule has 2 aromatic heterocycles. The second-order valence-corrected chi connectivity index (χ2v) is 7.60. The number of rotatable bonds is 9. The van der Waals surface area contributed by atoms with Crippen LogP contribution in [0.25, 0.3) is 0 Å². The lowest BCUT2D eigenvalue weighted by Gasteiger charge is -2.06. The number of ether oxygens (including phenoxy) is 3. The molecule has 2 heterocycles. The van der Waals surface area contributed by atoms with Crippen LogP contribution in [-0.4, -0.2) is 22.8 Å². The first-order valence-corrected chi connectivity index (χ1v) is 10.5. The van der Waals surface area contributed by atoms with Gasteiger partial charge in [-0.2, -0.15) is 5.10 Å². The summed E-state index contributed by atoms with van der Waals surface area (Å²) in [6, 6.07) is 18.0. The highest BCUT2D eigenvalue weighted by Crippen LogP contribution is 2.21. The van der Waals surface area contributed by atoms with Crippen LogP contribution in [0, 0.1) is 0 Å². The Morgan fingerprint density at radius 2 is 1.88 bits per heavy atom. The summed E-state index contributed by atoms with van der Waals surface area (Å²) in [6.45, 7) is 0.399. The van der Waals surface area contributed by atoms with Crippen molar-refractivity contribution < 1.29 is 23.4 Å². The standard InChI is InChI=1S/C23H20BrN3O5/c1-29-19-3-2-4-20(11-19)30-14-21-9-10-22(32-21)23(28)26-17-12-25-27(13-17)15-31-18-7-5-16(24)6-8-18/h2-13H,14-15H2,1H3,(H,26,28). The van der Waals surface area contributed by atoms with Crippen molar-refractivity contribution in [1.82, 2.24) is 9.78 Å². The van der Waals surface area contributed by atoms with Gasteiger partial charge in [-0.15, -0.1) is 0 Å². The molecule has 8 nitrogen and oxygen atoms in total. The topological polar surface area (TPSA) is 87.8 Å². The zero-order valence-electron chi connectivity index (χ0n) is 17.2. The van der Waals surface area contributed by atoms with Gasteiger partial charge in [-0.1, -0.05) is 22.0 Å². The number of furan rings is 1. The summed E-state index contributed by atoms with van der Waals surface area (Å²) in [5, 5.41) is 6.94. The number of aromatic nitrogens is 2. The number of carbonyl (C=O) groups excluding carboxylic acids is 1. The van der Waals surface area contributed by atoms with E-state index >= 15 is 0 Å². The molecule has 0 bridgehead atoms. The lowest BCUT2D eigenvalue weighted by molar-refractivity contribution is 0.0992. The SMILES string of the molecule is COc1cccc(OCc2ccc(C(=O)Nc3cnn(COc4ccc(Br)cc4)c3)o2)c1. The van der Waals surface area contributed by atoms with Crippen molar-refractivity contribution in [3.8, 4) is 17.2 Å². The number of benzene rings is 2. The van der Waals surface area contributed by atoms with E-state index in [0.717, 1.165) is 4.47 Å². The van der Waals surface area contributed by atoms with E-state index < -0.39 is 0 Å². The Bertz CT molecular complexity index is 1190. The summed E-state index contributed by atoms with van der Waals surface area (Å²) in [5.74, 6) is 2.37. The molecule has 0 aliphatic carbocycles. The van der Waals surface area contributed by atoms with Gasteiger partial charge in [-0.05, 0) is 48.5 Å². The molecule has 0 unspecified atom stereocenters. The van der Waals surface area contributed by atoms with Crippen LogP contribution < -0.4 is 19.5 Å². The van der Waals surface area contributed by atoms with Crippen molar-refractivity contribution in [3.63, 3.8) is 0 Å². The van der Waals surface area contributed by atoms with Crippen LogP contribution in [0.2, 0.25) is 0 Å². The fraction of sp³-hybridized carbons (Fsp3) is 0.130. The molecule has 0 fully saturated rings. The second kappa shape index (κ2) is 10.1. The predicted octanol–water partition coefficient (Wildman–Crippen LogP) is 5.12. The molecule has 0 atom stereocenters. The molecule has 1 N–H and O–H groups in total. The minimum absolute atomic E-state index is 0.174. The van der Waals surface area contributed by atoms with Gasteiger partial charge in [-0.25, -0.2) is 4.68 Å². The highest BCUT2D eigenvalue weighted by Gasteiger charge is 2.13. The number of anilines is 1. The molecule has 1 amide bonds. The van der Waals surface area contributed by atoms with Crippen LogP contribution in [0.1, 0.15) is 16.3 Å². The van der Waals surface area contributed by atoms with Gasteiger partial charge >= 0.3 is 0 Å². The summed E-state index contributed by atoms with van der Waals surface area (Å²) < 4.78 is 24.7. The maximum absolute atomic E-state index is 12.5. The third-order valence-corrected chi connectivity index (χ3v) is 4.90. The molecule has 2 aromatic carbocycles. The van der Waals surface area contributed by atoms with Gasteiger partial charge in [0.1, 0.15) is 29.6 Å². The van der Waals surface area contributed by atoms with Gasteiger partial charge in [0.15, 0.2) is 12.5 Å². The summed E-state index contributed by atoms with van der Waals surface area (Å²) in [7, 11) is 1.59. The van der Waals surface area contributed by atoms with E-state index in [0.29, 0.717) is 28.7 Å². The molecule has 0 spiro atoms. The highest BCUT2D eigenvalue weighted by atomic mass is 79.9. The summed E-state index contributed by atoms with van der Waals surface area (Å²) >= 11 is 3.38. The number of hydrogen-bond donors (Lipinski definition) is 1. The van der Waals surface area contributed by atoms with E-state index in [2.05, 4.69) is 26.3 Å². The first-order valence-electron chi connectivity index (χ1n) is 9.67. The maximum atomic E-state index is 12.5. The monoisotopic (exact) mass is 497 g/mol. The van der Waals surface area contributed by atoms with E-state index in [4.69, 9.17) is 18.6 Å². The first-order chi connectivity index (χ1) is 15.6. The second-order valence-electron chi connectivity index (χ2n) is 6.68. The Morgan fingerprint density at radius 1 is 1.06 bits per heavy atom. The molecule has 0 radical (unpaired) electrons. The number of nitrogens with zero attached hydrogens (tertiary/aromatic N) is 2. The highest BCUT2D eigenvalue weighted by molar-refractivity contribution is 9.10. The number of halogens is 1. The third-order valence-electron chi connectivity index (χ3n) is 4.38. The lowest BCUT2D eigenvalue weighted by Crippen LogP contribution is -2.10. The summed E-state index contributed by atoms with van der Waals surface area (Å²) in [5.41, 5.74) is 0.528. The zero-order valence-corrected chi connectivity index (χ0v) is 18.7. The summed E-state index contributed by atoms with van der Waals surface area (Å²) in [6.07, 6.45) is 3.21.